The zero-order valence-corrected chi connectivity index (χ0v) is 6.46. The summed E-state index contributed by atoms with van der Waals surface area (Å²) in [4.78, 5) is 4.16. The van der Waals surface area contributed by atoms with Gasteiger partial charge in [0.15, 0.2) is 0 Å². The molecule has 2 heteroatoms. The lowest BCUT2D eigenvalue weighted by molar-refractivity contribution is 1.24. The molecule has 0 unspecified atom stereocenters. The van der Waals surface area contributed by atoms with Crippen molar-refractivity contribution in [2.24, 2.45) is 0 Å². The highest BCUT2D eigenvalue weighted by molar-refractivity contribution is 7.09. The van der Waals surface area contributed by atoms with E-state index in [1.807, 2.05) is 19.9 Å². The van der Waals surface area contributed by atoms with Crippen LogP contribution < -0.4 is 9.88 Å². The Kier molecular flexibility index (Phi) is 1.67. The highest BCUT2D eigenvalue weighted by Crippen LogP contribution is 1.88. The Morgan fingerprint density at radius 2 is 2.33 bits per heavy atom. The zero-order valence-electron chi connectivity index (χ0n) is 5.64. The molecule has 0 bridgehead atoms. The Balaban J connectivity index is 3.52. The summed E-state index contributed by atoms with van der Waals surface area (Å²) in [6, 6.07) is 0. The van der Waals surface area contributed by atoms with Crippen LogP contribution in [0.2, 0.25) is 0 Å². The van der Waals surface area contributed by atoms with Crippen LogP contribution in [0.5, 0.6) is 0 Å². The summed E-state index contributed by atoms with van der Waals surface area (Å²) in [5.74, 6) is 0. The third-order valence-electron chi connectivity index (χ3n) is 1.10. The highest BCUT2D eigenvalue weighted by Gasteiger charge is 1.87. The summed E-state index contributed by atoms with van der Waals surface area (Å²) in [5, 5.41) is 1.99. The summed E-state index contributed by atoms with van der Waals surface area (Å²) < 4.78 is 1.19. The maximum absolute atomic E-state index is 4.16. The van der Waals surface area contributed by atoms with Gasteiger partial charge in [-0.05, 0) is 13.8 Å². The van der Waals surface area contributed by atoms with E-state index >= 15 is 0 Å². The molecule has 0 spiro atoms. The molecule has 1 nitrogen and oxygen atoms in total. The van der Waals surface area contributed by atoms with Crippen LogP contribution in [0.15, 0.2) is 0 Å². The molecule has 1 heterocycles. The SMILES string of the molecule is C=c1nc(C)s/c1=C/C. The number of rotatable bonds is 0. The predicted octanol–water partition coefficient (Wildman–Crippen LogP) is 0.662. The highest BCUT2D eigenvalue weighted by atomic mass is 32.1. The molecule has 0 aliphatic rings. The average molecular weight is 139 g/mol. The molecular formula is C7H9NS. The van der Waals surface area contributed by atoms with Crippen molar-refractivity contribution in [2.45, 2.75) is 13.8 Å². The first kappa shape index (κ1) is 6.49. The molecular weight excluding hydrogens is 130 g/mol. The lowest BCUT2D eigenvalue weighted by atomic mass is 10.6. The van der Waals surface area contributed by atoms with E-state index in [9.17, 15) is 0 Å². The number of thiazole rings is 1. The van der Waals surface area contributed by atoms with Gasteiger partial charge in [0.25, 0.3) is 0 Å². The van der Waals surface area contributed by atoms with Gasteiger partial charge in [0.1, 0.15) is 0 Å². The first-order valence-corrected chi connectivity index (χ1v) is 3.64. The van der Waals surface area contributed by atoms with Crippen LogP contribution in [-0.2, 0) is 0 Å². The molecule has 0 saturated carbocycles. The molecule has 0 aliphatic carbocycles. The van der Waals surface area contributed by atoms with E-state index in [0.717, 1.165) is 10.4 Å². The van der Waals surface area contributed by atoms with Crippen molar-refractivity contribution < 1.29 is 0 Å². The molecule has 0 aromatic carbocycles. The van der Waals surface area contributed by atoms with E-state index in [-0.39, 0.29) is 0 Å². The van der Waals surface area contributed by atoms with Gasteiger partial charge in [-0.1, -0.05) is 12.7 Å². The topological polar surface area (TPSA) is 12.9 Å². The van der Waals surface area contributed by atoms with E-state index in [2.05, 4.69) is 11.6 Å². The average Bonchev–Trinajstić information content (AvgIpc) is 2.10. The molecule has 0 atom stereocenters. The Morgan fingerprint density at radius 1 is 1.67 bits per heavy atom. The third-order valence-corrected chi connectivity index (χ3v) is 2.17. The second-order valence-corrected chi connectivity index (χ2v) is 3.07. The van der Waals surface area contributed by atoms with Crippen LogP contribution in [0.25, 0.3) is 12.7 Å². The summed E-state index contributed by atoms with van der Waals surface area (Å²) in [6.07, 6.45) is 2.03. The number of aromatic nitrogens is 1. The fourth-order valence-corrected chi connectivity index (χ4v) is 1.47. The molecule has 0 saturated heterocycles. The Morgan fingerprint density at radius 3 is 2.56 bits per heavy atom. The second kappa shape index (κ2) is 2.31. The van der Waals surface area contributed by atoms with Crippen LogP contribution in [0.3, 0.4) is 0 Å². The van der Waals surface area contributed by atoms with Crippen LogP contribution in [-0.4, -0.2) is 4.98 Å². The second-order valence-electron chi connectivity index (χ2n) is 1.83. The molecule has 0 N–H and O–H groups in total. The number of hydrogen-bond acceptors (Lipinski definition) is 2. The van der Waals surface area contributed by atoms with Crippen molar-refractivity contribution in [1.82, 2.24) is 4.98 Å². The number of aryl methyl sites for hydroxylation is 1. The largest absolute Gasteiger partial charge is 0.242 e. The van der Waals surface area contributed by atoms with Crippen LogP contribution >= 0.6 is 11.3 Å². The van der Waals surface area contributed by atoms with Gasteiger partial charge < -0.3 is 0 Å². The van der Waals surface area contributed by atoms with Gasteiger partial charge in [-0.15, -0.1) is 11.3 Å². The van der Waals surface area contributed by atoms with E-state index < -0.39 is 0 Å². The van der Waals surface area contributed by atoms with Crippen molar-refractivity contribution in [3.63, 3.8) is 0 Å². The van der Waals surface area contributed by atoms with Crippen LogP contribution in [0.4, 0.5) is 0 Å². The Hall–Kier alpha value is -0.630. The maximum Gasteiger partial charge on any atom is 0.0907 e. The van der Waals surface area contributed by atoms with Crippen molar-refractivity contribution in [3.05, 3.63) is 14.9 Å². The Bertz CT molecular complexity index is 297. The van der Waals surface area contributed by atoms with Crippen LogP contribution in [0.1, 0.15) is 11.9 Å². The zero-order chi connectivity index (χ0) is 6.85. The fourth-order valence-electron chi connectivity index (χ4n) is 0.712. The van der Waals surface area contributed by atoms with Gasteiger partial charge in [0, 0.05) is 4.53 Å². The lowest BCUT2D eigenvalue weighted by Crippen LogP contribution is -2.17. The molecule has 1 aromatic rings. The van der Waals surface area contributed by atoms with Crippen molar-refractivity contribution in [2.75, 3.05) is 0 Å². The van der Waals surface area contributed by atoms with Crippen LogP contribution in [0, 0.1) is 6.92 Å². The molecule has 48 valence electrons. The smallest absolute Gasteiger partial charge is 0.0907 e. The molecule has 1 aromatic heterocycles. The van der Waals surface area contributed by atoms with Crippen molar-refractivity contribution in [3.8, 4) is 0 Å². The molecule has 0 aliphatic heterocycles. The van der Waals surface area contributed by atoms with Gasteiger partial charge in [-0.25, -0.2) is 4.98 Å². The number of nitrogens with zero attached hydrogens (tertiary/aromatic N) is 1. The predicted molar refractivity (Wildman–Crippen MR) is 41.8 cm³/mol. The quantitative estimate of drug-likeness (QED) is 0.514. The first-order valence-electron chi connectivity index (χ1n) is 2.83. The molecule has 1 rings (SSSR count). The van der Waals surface area contributed by atoms with Gasteiger partial charge in [-0.2, -0.15) is 0 Å². The maximum atomic E-state index is 4.16. The minimum atomic E-state index is 0.903. The molecule has 9 heavy (non-hydrogen) atoms. The summed E-state index contributed by atoms with van der Waals surface area (Å²) >= 11 is 1.69. The van der Waals surface area contributed by atoms with E-state index in [0.29, 0.717) is 0 Å². The first-order chi connectivity index (χ1) is 4.24. The third kappa shape index (κ3) is 1.19. The van der Waals surface area contributed by atoms with Crippen molar-refractivity contribution >= 4 is 24.0 Å². The minimum Gasteiger partial charge on any atom is -0.242 e. The van der Waals surface area contributed by atoms with E-state index in [4.69, 9.17) is 0 Å². The van der Waals surface area contributed by atoms with E-state index in [1.165, 1.54) is 4.53 Å². The molecule has 0 fully saturated rings. The van der Waals surface area contributed by atoms with Gasteiger partial charge in [0.05, 0.1) is 10.4 Å². The summed E-state index contributed by atoms with van der Waals surface area (Å²) in [6.45, 7) is 7.77. The standard InChI is InChI=1S/C7H9NS/c1-4-7-5(2)8-6(3)9-7/h4H,2H2,1,3H3/b7-4+. The molecule has 0 radical (unpaired) electrons. The minimum absolute atomic E-state index is 0.903. The van der Waals surface area contributed by atoms with Gasteiger partial charge >= 0.3 is 0 Å². The normalized spacial score (nSPS) is 12.4. The van der Waals surface area contributed by atoms with Crippen molar-refractivity contribution in [1.29, 1.82) is 0 Å². The van der Waals surface area contributed by atoms with Gasteiger partial charge in [0.2, 0.25) is 0 Å². The number of hydrogen-bond donors (Lipinski definition) is 0. The monoisotopic (exact) mass is 139 g/mol. The van der Waals surface area contributed by atoms with Gasteiger partial charge in [-0.3, -0.25) is 0 Å². The lowest BCUT2D eigenvalue weighted by Gasteiger charge is -1.66. The fraction of sp³-hybridized carbons (Fsp3) is 0.286. The summed E-state index contributed by atoms with van der Waals surface area (Å²) in [7, 11) is 0. The summed E-state index contributed by atoms with van der Waals surface area (Å²) in [5.41, 5.74) is 0. The Labute approximate surface area is 58.4 Å². The van der Waals surface area contributed by atoms with E-state index in [1.54, 1.807) is 11.3 Å². The molecule has 0 amide bonds.